The molecule has 2 N–H and O–H groups in total. The standard InChI is InChI=1S/C15H11F2NO6S/c1-8-2-3-9(14(19)20)6-13(8)25(21,22)18-10-4-5-11-12(7-10)24-15(16,17)23-11/h2-7,18H,1H3,(H,19,20). The van der Waals surface area contributed by atoms with Crippen molar-refractivity contribution < 1.29 is 36.6 Å². The largest absolute Gasteiger partial charge is 0.586 e. The summed E-state index contributed by atoms with van der Waals surface area (Å²) in [6.45, 7) is 1.50. The Balaban J connectivity index is 1.93. The van der Waals surface area contributed by atoms with Crippen LogP contribution in [0, 0.1) is 6.92 Å². The van der Waals surface area contributed by atoms with Crippen LogP contribution in [0.4, 0.5) is 14.5 Å². The van der Waals surface area contributed by atoms with E-state index in [4.69, 9.17) is 5.11 Å². The van der Waals surface area contributed by atoms with Gasteiger partial charge in [-0.15, -0.1) is 8.78 Å². The molecule has 0 aliphatic carbocycles. The second-order valence-corrected chi connectivity index (χ2v) is 6.87. The highest BCUT2D eigenvalue weighted by molar-refractivity contribution is 7.92. The van der Waals surface area contributed by atoms with Gasteiger partial charge in [-0.05, 0) is 36.8 Å². The van der Waals surface area contributed by atoms with Crippen LogP contribution in [0.15, 0.2) is 41.3 Å². The summed E-state index contributed by atoms with van der Waals surface area (Å²) in [6, 6.07) is 7.05. The molecule has 0 unspecified atom stereocenters. The van der Waals surface area contributed by atoms with E-state index in [1.54, 1.807) is 0 Å². The molecule has 1 aliphatic rings. The molecule has 0 saturated carbocycles. The van der Waals surface area contributed by atoms with Crippen molar-refractivity contribution in [3.05, 3.63) is 47.5 Å². The molecule has 1 aliphatic heterocycles. The van der Waals surface area contributed by atoms with E-state index in [-0.39, 0.29) is 27.6 Å². The number of halogens is 2. The van der Waals surface area contributed by atoms with Gasteiger partial charge in [0.05, 0.1) is 16.1 Å². The molecule has 0 spiro atoms. The Morgan fingerprint density at radius 3 is 2.48 bits per heavy atom. The fourth-order valence-electron chi connectivity index (χ4n) is 2.25. The Morgan fingerprint density at radius 1 is 1.12 bits per heavy atom. The number of anilines is 1. The van der Waals surface area contributed by atoms with Gasteiger partial charge >= 0.3 is 12.3 Å². The van der Waals surface area contributed by atoms with E-state index in [0.717, 1.165) is 18.2 Å². The molecule has 7 nitrogen and oxygen atoms in total. The van der Waals surface area contributed by atoms with Crippen LogP contribution in [0.25, 0.3) is 0 Å². The van der Waals surface area contributed by atoms with Crippen molar-refractivity contribution in [2.45, 2.75) is 18.1 Å². The molecule has 0 amide bonds. The van der Waals surface area contributed by atoms with Gasteiger partial charge in [0, 0.05) is 6.07 Å². The number of alkyl halides is 2. The van der Waals surface area contributed by atoms with Crippen LogP contribution >= 0.6 is 0 Å². The number of nitrogens with one attached hydrogen (secondary N) is 1. The fraction of sp³-hybridized carbons (Fsp3) is 0.133. The first-order valence-electron chi connectivity index (χ1n) is 6.84. The number of carbonyl (C=O) groups is 1. The molecule has 0 bridgehead atoms. The average molecular weight is 371 g/mol. The van der Waals surface area contributed by atoms with Crippen molar-refractivity contribution >= 4 is 21.7 Å². The molecule has 0 aromatic heterocycles. The zero-order chi connectivity index (χ0) is 18.4. The van der Waals surface area contributed by atoms with Gasteiger partial charge in [0.2, 0.25) is 0 Å². The van der Waals surface area contributed by atoms with E-state index in [1.807, 2.05) is 0 Å². The van der Waals surface area contributed by atoms with E-state index in [2.05, 4.69) is 14.2 Å². The van der Waals surface area contributed by atoms with Gasteiger partial charge in [-0.25, -0.2) is 13.2 Å². The molecular formula is C15H11F2NO6S. The van der Waals surface area contributed by atoms with Crippen molar-refractivity contribution in [3.63, 3.8) is 0 Å². The topological polar surface area (TPSA) is 102 Å². The highest BCUT2D eigenvalue weighted by Gasteiger charge is 2.43. The number of rotatable bonds is 4. The second kappa shape index (κ2) is 5.59. The van der Waals surface area contributed by atoms with Crippen LogP contribution in [0.3, 0.4) is 0 Å². The number of hydrogen-bond donors (Lipinski definition) is 2. The summed E-state index contributed by atoms with van der Waals surface area (Å²) in [5.41, 5.74) is 0.0845. The number of aryl methyl sites for hydroxylation is 1. The summed E-state index contributed by atoms with van der Waals surface area (Å²) in [4.78, 5) is 10.8. The van der Waals surface area contributed by atoms with Crippen molar-refractivity contribution in [1.29, 1.82) is 0 Å². The first-order valence-corrected chi connectivity index (χ1v) is 8.32. The third-order valence-electron chi connectivity index (χ3n) is 3.38. The van der Waals surface area contributed by atoms with Gasteiger partial charge in [0.25, 0.3) is 10.0 Å². The smallest absolute Gasteiger partial charge is 0.478 e. The summed E-state index contributed by atoms with van der Waals surface area (Å²) >= 11 is 0. The zero-order valence-electron chi connectivity index (χ0n) is 12.6. The molecule has 0 radical (unpaired) electrons. The molecule has 10 heteroatoms. The minimum absolute atomic E-state index is 0.0415. The number of fused-ring (bicyclic) bond motifs is 1. The van der Waals surface area contributed by atoms with E-state index in [0.29, 0.717) is 5.56 Å². The zero-order valence-corrected chi connectivity index (χ0v) is 13.4. The maximum atomic E-state index is 13.0. The second-order valence-electron chi connectivity index (χ2n) is 5.22. The summed E-state index contributed by atoms with van der Waals surface area (Å²) in [5, 5.41) is 8.99. The highest BCUT2D eigenvalue weighted by atomic mass is 32.2. The van der Waals surface area contributed by atoms with Crippen molar-refractivity contribution in [3.8, 4) is 11.5 Å². The van der Waals surface area contributed by atoms with Gasteiger partial charge < -0.3 is 14.6 Å². The molecule has 0 fully saturated rings. The fourth-order valence-corrected chi connectivity index (χ4v) is 3.57. The Kier molecular flexibility index (Phi) is 3.79. The quantitative estimate of drug-likeness (QED) is 0.857. The van der Waals surface area contributed by atoms with Gasteiger partial charge in [-0.2, -0.15) is 0 Å². The first-order chi connectivity index (χ1) is 11.6. The first kappa shape index (κ1) is 17.0. The molecule has 3 rings (SSSR count). The lowest BCUT2D eigenvalue weighted by molar-refractivity contribution is -0.286. The summed E-state index contributed by atoms with van der Waals surface area (Å²) in [5.74, 6) is -1.82. The lowest BCUT2D eigenvalue weighted by atomic mass is 10.1. The third kappa shape index (κ3) is 3.33. The summed E-state index contributed by atoms with van der Waals surface area (Å²) < 4.78 is 61.7. The molecule has 1 heterocycles. The Morgan fingerprint density at radius 2 is 1.80 bits per heavy atom. The third-order valence-corrected chi connectivity index (χ3v) is 4.90. The minimum atomic E-state index is -4.14. The van der Waals surface area contributed by atoms with E-state index in [9.17, 15) is 22.0 Å². The number of hydrogen-bond acceptors (Lipinski definition) is 5. The maximum absolute atomic E-state index is 13.0. The summed E-state index contributed by atoms with van der Waals surface area (Å²) in [6.07, 6.45) is -3.81. The summed E-state index contributed by atoms with van der Waals surface area (Å²) in [7, 11) is -4.14. The SMILES string of the molecule is Cc1ccc(C(=O)O)cc1S(=O)(=O)Nc1ccc2c(c1)OC(F)(F)O2. The van der Waals surface area contributed by atoms with Crippen LogP contribution < -0.4 is 14.2 Å². The lowest BCUT2D eigenvalue weighted by Crippen LogP contribution is -2.25. The van der Waals surface area contributed by atoms with E-state index < -0.39 is 22.3 Å². The number of aromatic carboxylic acids is 1. The highest BCUT2D eigenvalue weighted by Crippen LogP contribution is 2.42. The van der Waals surface area contributed by atoms with Crippen LogP contribution in [-0.4, -0.2) is 25.8 Å². The Bertz CT molecular complexity index is 974. The van der Waals surface area contributed by atoms with Crippen molar-refractivity contribution in [2.75, 3.05) is 4.72 Å². The Hall–Kier alpha value is -2.88. The normalized spacial score (nSPS) is 15.0. The van der Waals surface area contributed by atoms with Crippen LogP contribution in [0.1, 0.15) is 15.9 Å². The van der Waals surface area contributed by atoms with Crippen molar-refractivity contribution in [1.82, 2.24) is 0 Å². The monoisotopic (exact) mass is 371 g/mol. The van der Waals surface area contributed by atoms with E-state index >= 15 is 0 Å². The van der Waals surface area contributed by atoms with Crippen LogP contribution in [-0.2, 0) is 10.0 Å². The molecule has 0 saturated heterocycles. The molecule has 132 valence electrons. The Labute approximate surface area is 140 Å². The van der Waals surface area contributed by atoms with Gasteiger partial charge in [0.15, 0.2) is 11.5 Å². The van der Waals surface area contributed by atoms with Gasteiger partial charge in [0.1, 0.15) is 0 Å². The van der Waals surface area contributed by atoms with Crippen molar-refractivity contribution in [2.24, 2.45) is 0 Å². The van der Waals surface area contributed by atoms with Gasteiger partial charge in [-0.1, -0.05) is 6.07 Å². The predicted octanol–water partition coefficient (Wildman–Crippen LogP) is 2.82. The average Bonchev–Trinajstić information content (AvgIpc) is 2.79. The molecular weight excluding hydrogens is 360 g/mol. The number of carboxylic acid groups (broad SMARTS) is 1. The van der Waals surface area contributed by atoms with Gasteiger partial charge in [-0.3, -0.25) is 4.72 Å². The maximum Gasteiger partial charge on any atom is 0.586 e. The predicted molar refractivity (Wildman–Crippen MR) is 81.6 cm³/mol. The molecule has 25 heavy (non-hydrogen) atoms. The number of benzene rings is 2. The van der Waals surface area contributed by atoms with Crippen LogP contribution in [0.5, 0.6) is 11.5 Å². The van der Waals surface area contributed by atoms with E-state index in [1.165, 1.54) is 25.1 Å². The lowest BCUT2D eigenvalue weighted by Gasteiger charge is -2.11. The minimum Gasteiger partial charge on any atom is -0.478 e. The molecule has 0 atom stereocenters. The molecule has 2 aromatic carbocycles. The van der Waals surface area contributed by atoms with Crippen LogP contribution in [0.2, 0.25) is 0 Å². The number of sulfonamides is 1. The molecule has 2 aromatic rings. The number of ether oxygens (including phenoxy) is 2. The number of carboxylic acids is 1.